The third-order valence-corrected chi connectivity index (χ3v) is 2.56. The summed E-state index contributed by atoms with van der Waals surface area (Å²) in [6, 6.07) is -0.00885. The van der Waals surface area contributed by atoms with E-state index in [1.54, 1.807) is 0 Å². The average molecular weight is 242 g/mol. The van der Waals surface area contributed by atoms with E-state index < -0.39 is 0 Å². The molecule has 0 saturated carbocycles. The molecule has 0 aromatic carbocycles. The Morgan fingerprint density at radius 1 is 1.24 bits per heavy atom. The Labute approximate surface area is 107 Å². The first-order chi connectivity index (χ1) is 7.56. The molecule has 0 aliphatic carbocycles. The minimum atomic E-state index is -0.165. The first-order valence-electron chi connectivity index (χ1n) is 6.62. The molecule has 0 heterocycles. The van der Waals surface area contributed by atoms with Gasteiger partial charge in [-0.2, -0.15) is 0 Å². The van der Waals surface area contributed by atoms with E-state index in [4.69, 9.17) is 5.73 Å². The van der Waals surface area contributed by atoms with Crippen LogP contribution in [0, 0.1) is 5.41 Å². The maximum absolute atomic E-state index is 11.8. The molecule has 0 spiro atoms. The van der Waals surface area contributed by atoms with Gasteiger partial charge in [0.05, 0.1) is 0 Å². The van der Waals surface area contributed by atoms with Gasteiger partial charge in [-0.25, -0.2) is 0 Å². The normalized spacial score (nSPS) is 14.5. The summed E-state index contributed by atoms with van der Waals surface area (Å²) in [6.45, 7) is 12.8. The van der Waals surface area contributed by atoms with Crippen LogP contribution in [-0.4, -0.2) is 17.5 Å². The standard InChI is InChI=1S/C14H30N2O/c1-7-8-11(15)9-12(17)16-14(5,6)10-13(2,3)4/h11H,7-10,15H2,1-6H3,(H,16,17). The minimum Gasteiger partial charge on any atom is -0.351 e. The highest BCUT2D eigenvalue weighted by molar-refractivity contribution is 5.77. The first-order valence-corrected chi connectivity index (χ1v) is 6.62. The van der Waals surface area contributed by atoms with Crippen molar-refractivity contribution in [2.24, 2.45) is 11.1 Å². The Morgan fingerprint density at radius 3 is 2.18 bits per heavy atom. The Morgan fingerprint density at radius 2 is 1.76 bits per heavy atom. The van der Waals surface area contributed by atoms with Crippen LogP contribution in [-0.2, 0) is 4.79 Å². The van der Waals surface area contributed by atoms with Crippen molar-refractivity contribution < 1.29 is 4.79 Å². The number of hydrogen-bond acceptors (Lipinski definition) is 2. The Bertz CT molecular complexity index is 241. The van der Waals surface area contributed by atoms with Crippen molar-refractivity contribution >= 4 is 5.91 Å². The van der Waals surface area contributed by atoms with E-state index in [-0.39, 0.29) is 22.9 Å². The first kappa shape index (κ1) is 16.4. The number of carbonyl (C=O) groups excluding carboxylic acids is 1. The predicted octanol–water partition coefficient (Wildman–Crippen LogP) is 2.83. The summed E-state index contributed by atoms with van der Waals surface area (Å²) in [6.07, 6.45) is 3.32. The fraction of sp³-hybridized carbons (Fsp3) is 0.929. The smallest absolute Gasteiger partial charge is 0.221 e. The van der Waals surface area contributed by atoms with E-state index in [1.807, 2.05) is 0 Å². The molecule has 1 unspecified atom stereocenters. The van der Waals surface area contributed by atoms with E-state index in [9.17, 15) is 4.79 Å². The second-order valence-electron chi connectivity index (χ2n) is 6.92. The van der Waals surface area contributed by atoms with Crippen molar-refractivity contribution in [3.8, 4) is 0 Å². The van der Waals surface area contributed by atoms with Gasteiger partial charge in [0.2, 0.25) is 5.91 Å². The van der Waals surface area contributed by atoms with Crippen LogP contribution in [0.3, 0.4) is 0 Å². The van der Waals surface area contributed by atoms with Crippen LogP contribution >= 0.6 is 0 Å². The highest BCUT2D eigenvalue weighted by Crippen LogP contribution is 2.26. The van der Waals surface area contributed by atoms with Gasteiger partial charge in [0, 0.05) is 18.0 Å². The van der Waals surface area contributed by atoms with E-state index in [1.165, 1.54) is 0 Å². The van der Waals surface area contributed by atoms with Crippen LogP contribution in [0.4, 0.5) is 0 Å². The molecule has 102 valence electrons. The number of carbonyl (C=O) groups is 1. The zero-order chi connectivity index (χ0) is 13.7. The molecular weight excluding hydrogens is 212 g/mol. The molecule has 0 aromatic heterocycles. The molecule has 3 nitrogen and oxygen atoms in total. The van der Waals surface area contributed by atoms with E-state index in [0.29, 0.717) is 6.42 Å². The van der Waals surface area contributed by atoms with Crippen LogP contribution in [0.5, 0.6) is 0 Å². The van der Waals surface area contributed by atoms with Crippen molar-refractivity contribution in [3.05, 3.63) is 0 Å². The van der Waals surface area contributed by atoms with Gasteiger partial charge in [0.15, 0.2) is 0 Å². The maximum Gasteiger partial charge on any atom is 0.221 e. The predicted molar refractivity (Wildman–Crippen MR) is 73.8 cm³/mol. The van der Waals surface area contributed by atoms with Crippen LogP contribution < -0.4 is 11.1 Å². The van der Waals surface area contributed by atoms with Gasteiger partial charge in [-0.05, 0) is 32.1 Å². The van der Waals surface area contributed by atoms with Gasteiger partial charge in [0.1, 0.15) is 0 Å². The van der Waals surface area contributed by atoms with Gasteiger partial charge >= 0.3 is 0 Å². The van der Waals surface area contributed by atoms with Gasteiger partial charge in [-0.1, -0.05) is 34.1 Å². The van der Waals surface area contributed by atoms with Crippen LogP contribution in [0.1, 0.15) is 67.2 Å². The van der Waals surface area contributed by atoms with Crippen LogP contribution in [0.25, 0.3) is 0 Å². The molecule has 0 aromatic rings. The molecule has 1 amide bonds. The summed E-state index contributed by atoms with van der Waals surface area (Å²) in [4.78, 5) is 11.8. The number of nitrogens with one attached hydrogen (secondary N) is 1. The summed E-state index contributed by atoms with van der Waals surface area (Å²) in [5, 5.41) is 3.08. The molecule has 1 atom stereocenters. The largest absolute Gasteiger partial charge is 0.351 e. The highest BCUT2D eigenvalue weighted by atomic mass is 16.1. The number of amides is 1. The van der Waals surface area contributed by atoms with Gasteiger partial charge in [-0.15, -0.1) is 0 Å². The molecule has 3 heteroatoms. The zero-order valence-corrected chi connectivity index (χ0v) is 12.4. The Kier molecular flexibility index (Phi) is 6.17. The lowest BCUT2D eigenvalue weighted by Crippen LogP contribution is -2.47. The number of hydrogen-bond donors (Lipinski definition) is 2. The molecule has 0 rings (SSSR count). The molecular formula is C14H30N2O. The van der Waals surface area contributed by atoms with Gasteiger partial charge in [0.25, 0.3) is 0 Å². The minimum absolute atomic E-state index is 0.00885. The zero-order valence-electron chi connectivity index (χ0n) is 12.4. The van der Waals surface area contributed by atoms with E-state index in [0.717, 1.165) is 19.3 Å². The lowest BCUT2D eigenvalue weighted by Gasteiger charge is -2.33. The van der Waals surface area contributed by atoms with E-state index >= 15 is 0 Å². The molecule has 17 heavy (non-hydrogen) atoms. The second-order valence-corrected chi connectivity index (χ2v) is 6.92. The maximum atomic E-state index is 11.8. The van der Waals surface area contributed by atoms with Crippen molar-refractivity contribution in [1.82, 2.24) is 5.32 Å². The summed E-state index contributed by atoms with van der Waals surface area (Å²) in [5.74, 6) is 0.0696. The second kappa shape index (κ2) is 6.39. The number of nitrogens with two attached hydrogens (primary N) is 1. The summed E-state index contributed by atoms with van der Waals surface area (Å²) < 4.78 is 0. The van der Waals surface area contributed by atoms with E-state index in [2.05, 4.69) is 46.9 Å². The quantitative estimate of drug-likeness (QED) is 0.752. The number of rotatable bonds is 6. The van der Waals surface area contributed by atoms with Gasteiger partial charge < -0.3 is 11.1 Å². The Hall–Kier alpha value is -0.570. The van der Waals surface area contributed by atoms with Gasteiger partial charge in [-0.3, -0.25) is 4.79 Å². The Balaban J connectivity index is 4.18. The molecule has 0 aliphatic heterocycles. The summed E-state index contributed by atoms with van der Waals surface area (Å²) in [5.41, 5.74) is 5.92. The van der Waals surface area contributed by atoms with Crippen molar-refractivity contribution in [2.75, 3.05) is 0 Å². The lowest BCUT2D eigenvalue weighted by atomic mass is 9.81. The monoisotopic (exact) mass is 242 g/mol. The SMILES string of the molecule is CCCC(N)CC(=O)NC(C)(C)CC(C)(C)C. The molecule has 3 N–H and O–H groups in total. The van der Waals surface area contributed by atoms with Crippen molar-refractivity contribution in [3.63, 3.8) is 0 Å². The summed E-state index contributed by atoms with van der Waals surface area (Å²) in [7, 11) is 0. The van der Waals surface area contributed by atoms with Crippen LogP contribution in [0.2, 0.25) is 0 Å². The molecule has 0 radical (unpaired) electrons. The van der Waals surface area contributed by atoms with Crippen LogP contribution in [0.15, 0.2) is 0 Å². The summed E-state index contributed by atoms with van der Waals surface area (Å²) >= 11 is 0. The third kappa shape index (κ3) is 9.16. The molecule has 0 saturated heterocycles. The molecule has 0 bridgehead atoms. The highest BCUT2D eigenvalue weighted by Gasteiger charge is 2.27. The third-order valence-electron chi connectivity index (χ3n) is 2.56. The molecule has 0 fully saturated rings. The fourth-order valence-corrected chi connectivity index (χ4v) is 2.51. The molecule has 0 aliphatic rings. The topological polar surface area (TPSA) is 55.1 Å². The van der Waals surface area contributed by atoms with Crippen molar-refractivity contribution in [2.45, 2.75) is 78.8 Å². The lowest BCUT2D eigenvalue weighted by molar-refractivity contribution is -0.123. The van der Waals surface area contributed by atoms with Crippen molar-refractivity contribution in [1.29, 1.82) is 0 Å². The fourth-order valence-electron chi connectivity index (χ4n) is 2.51. The average Bonchev–Trinajstić information content (AvgIpc) is 1.96.